The first-order chi connectivity index (χ1) is 14.0. The Morgan fingerprint density at radius 2 is 0.333 bits per heavy atom. The molecule has 0 aromatic heterocycles. The highest BCUT2D eigenvalue weighted by molar-refractivity contribution is 5.77. The Labute approximate surface area is 140 Å². The molecule has 0 aromatic carbocycles. The van der Waals surface area contributed by atoms with Gasteiger partial charge in [-0.3, -0.25) is 0 Å². The molecule has 0 N–H and O–H groups in total. The summed E-state index contributed by atoms with van der Waals surface area (Å²) in [6, 6.07) is 0. The third-order valence-electron chi connectivity index (χ3n) is 0. The first-order valence-electron chi connectivity index (χ1n) is 7.84. The smallest absolute Gasteiger partial charge is 0.0379 e. The van der Waals surface area contributed by atoms with Gasteiger partial charge in [-0.05, 0) is 17.4 Å². The molecule has 0 aliphatic heterocycles. The van der Waals surface area contributed by atoms with E-state index in [9.17, 15) is 0 Å². The molecule has 15 heavy (non-hydrogen) atoms. The Hall–Kier alpha value is 0.404. The van der Waals surface area contributed by atoms with Crippen molar-refractivity contribution in [3.8, 4) is 12.8 Å². The third kappa shape index (κ3) is 13600. The predicted molar refractivity (Wildman–Crippen MR) is 103 cm³/mol. The monoisotopic (exact) mass is 195 g/mol. The van der Waals surface area contributed by atoms with Crippen molar-refractivity contribution in [1.82, 2.24) is 0 Å². The van der Waals surface area contributed by atoms with Crippen molar-refractivity contribution in [3.05, 3.63) is 0 Å². The quantitative estimate of drug-likeness (QED) is 0.264. The number of rotatable bonds is 0. The van der Waals surface area contributed by atoms with Crippen LogP contribution in [0, 0.1) is 12.8 Å². The Kier molecular flexibility index (Phi) is 16300. The van der Waals surface area contributed by atoms with Crippen LogP contribution >= 0.6 is 0 Å². The average Bonchev–Trinajstić information content (AvgIpc) is 2.95. The second-order valence-electron chi connectivity index (χ2n) is 0. The summed E-state index contributed by atoms with van der Waals surface area (Å²) >= 11 is 0. The van der Waals surface area contributed by atoms with E-state index in [1.807, 2.05) is 0 Å². The maximum atomic E-state index is 5.25. The van der Waals surface area contributed by atoms with Gasteiger partial charge in [-0.25, -0.2) is 0 Å². The number of terminal acetylenes is 1. The van der Waals surface area contributed by atoms with Crippen molar-refractivity contribution in [3.63, 3.8) is 0 Å². The second-order valence-corrected chi connectivity index (χ2v) is 0. The molecule has 0 aliphatic carbocycles. The molecular formula is C2H15B13. The molecule has 26 radical (unpaired) electrons. The van der Waals surface area contributed by atoms with Gasteiger partial charge in [0.25, 0.3) is 0 Å². The Morgan fingerprint density at radius 3 is 0.333 bits per heavy atom. The fraction of sp³-hybridized carbons (Fsp3) is 0. The molecule has 0 saturated heterocycles. The highest BCUT2D eigenvalue weighted by Gasteiger charge is 0.454. The summed E-state index contributed by atoms with van der Waals surface area (Å²) in [7, 11) is 48.8. The maximum Gasteiger partial charge on any atom is 0.0379 e. The van der Waals surface area contributed by atoms with E-state index >= 15 is 0 Å². The van der Waals surface area contributed by atoms with Crippen LogP contribution in [0.5, 0.6) is 0 Å². The van der Waals surface area contributed by atoms with Crippen LogP contribution in [0.3, 0.4) is 0 Å². The van der Waals surface area contributed by atoms with Crippen LogP contribution in [0.2, 0.25) is 0 Å². The number of hydrogen-bond acceptors (Lipinski definition) is 0. The summed E-state index contributed by atoms with van der Waals surface area (Å²) in [4.78, 5) is 0. The van der Waals surface area contributed by atoms with Gasteiger partial charge in [0, 0.05) is 109 Å². The van der Waals surface area contributed by atoms with Gasteiger partial charge in [0.05, 0.1) is 0 Å². The van der Waals surface area contributed by atoms with Crippen molar-refractivity contribution in [2.75, 3.05) is 0 Å². The highest BCUT2D eigenvalue weighted by atomic mass is 12.6. The molecule has 13 heteroatoms. The van der Waals surface area contributed by atoms with Gasteiger partial charge in [-0.15, -0.1) is 12.8 Å². The molecule has 0 saturated carbocycles. The molecular weight excluding hydrogens is 165 g/mol. The lowest BCUT2D eigenvalue weighted by molar-refractivity contribution is 3.31. The van der Waals surface area contributed by atoms with Gasteiger partial charge < -0.3 is 0 Å². The lowest BCUT2D eigenvalue weighted by Gasteiger charge is -0.701. The lowest BCUT2D eigenvalue weighted by Crippen LogP contribution is -0.576. The van der Waals surface area contributed by atoms with Gasteiger partial charge in [0.1, 0.15) is 0 Å². The van der Waals surface area contributed by atoms with E-state index in [1.165, 1.54) is 0 Å². The third-order valence-corrected chi connectivity index (χ3v) is 0. The molecule has 0 nitrogen and oxygen atoms in total. The predicted octanol–water partition coefficient (Wildman–Crippen LogP) is -8.18. The fourth-order valence-corrected chi connectivity index (χ4v) is 0. The SMILES string of the molecule is C#C.[2H][B].[2H][B].[2H][B].[2H][B].[2H][B].[2H][B].[2H][B].[2H][B].[2H][B].[2H][B].[2H][B].[2H][B].[2H][B]. The summed E-state index contributed by atoms with van der Waals surface area (Å²) < 4.78 is 68.2. The molecule has 0 fully saturated rings. The van der Waals surface area contributed by atoms with E-state index in [-0.39, 0.29) is 0 Å². The minimum absolute atomic E-state index is 3.75. The zero-order valence-corrected chi connectivity index (χ0v) is 8.66. The van der Waals surface area contributed by atoms with Crippen molar-refractivity contribution in [2.45, 2.75) is 0 Å². The second kappa shape index (κ2) is 15800. The summed E-state index contributed by atoms with van der Waals surface area (Å²) in [6.45, 7) is 0. The van der Waals surface area contributed by atoms with Crippen molar-refractivity contribution in [2.24, 2.45) is 0 Å². The van der Waals surface area contributed by atoms with Gasteiger partial charge in [-0.2, -0.15) is 0 Å². The minimum Gasteiger partial charge on any atom is -0.124 e. The van der Waals surface area contributed by atoms with Crippen LogP contribution < -0.4 is 0 Å². The fourth-order valence-electron chi connectivity index (χ4n) is 0. The lowest BCUT2D eigenvalue weighted by atomic mass is 10.8. The van der Waals surface area contributed by atoms with Crippen LogP contribution in [0.4, 0.5) is 0 Å². The standard InChI is InChI=1S/C2H2.13BH/c1-2;;;;;;;;;;;;;/h1-2H;13*1H/i;13*1D. The van der Waals surface area contributed by atoms with E-state index in [1.54, 1.807) is 0 Å². The molecule has 0 aliphatic rings. The highest BCUT2D eigenvalue weighted by Crippen LogP contribution is 0.579. The van der Waals surface area contributed by atoms with Crippen LogP contribution in [0.15, 0.2) is 0 Å². The average molecular weight is 193 g/mol. The Morgan fingerprint density at radius 1 is 0.333 bits per heavy atom. The molecule has 0 aromatic rings. The number of hydrogen-bond donors (Lipinski definition) is 0. The van der Waals surface area contributed by atoms with Crippen molar-refractivity contribution >= 4 is 109 Å². The molecule has 0 unspecified atom stereocenters. The summed E-state index contributed by atoms with van der Waals surface area (Å²) in [5, 5.41) is 0. The van der Waals surface area contributed by atoms with Gasteiger partial charge in [0.15, 0.2) is 0 Å². The summed E-state index contributed by atoms with van der Waals surface area (Å²) in [5.74, 6) is 0. The van der Waals surface area contributed by atoms with Gasteiger partial charge in [-0.1, -0.05) is 0 Å². The largest absolute Gasteiger partial charge is 0.124 e. The van der Waals surface area contributed by atoms with E-state index < -0.39 is 0 Å². The molecule has 0 spiro atoms. The van der Waals surface area contributed by atoms with Crippen LogP contribution in [-0.4, -0.2) is 126 Å². The van der Waals surface area contributed by atoms with E-state index in [2.05, 4.69) is 122 Å². The van der Waals surface area contributed by atoms with Crippen LogP contribution in [0.1, 0.15) is 0 Å². The van der Waals surface area contributed by atoms with E-state index in [0.717, 1.165) is 0 Å². The zero-order valence-electron chi connectivity index (χ0n) is 21.7. The molecule has 62 valence electrons. The first kappa shape index (κ1) is 15.4. The van der Waals surface area contributed by atoms with Crippen LogP contribution in [0.25, 0.3) is 0 Å². The summed E-state index contributed by atoms with van der Waals surface area (Å²) in [5.41, 5.74) is 0. The van der Waals surface area contributed by atoms with E-state index in [0.29, 0.717) is 0 Å². The first-order valence-corrected chi connectivity index (χ1v) is 0.333. The zero-order chi connectivity index (χ0) is 28.0. The molecule has 0 atom stereocenters. The topological polar surface area (TPSA) is 0 Å². The van der Waals surface area contributed by atoms with Gasteiger partial charge >= 0.3 is 0 Å². The maximum absolute atomic E-state index is 5.25. The normalized spacial score (nSPS) is 5.33. The molecule has 0 bridgehead atoms. The van der Waals surface area contributed by atoms with Crippen molar-refractivity contribution < 1.29 is 0 Å². The Bertz CT molecular complexity index is 41.1. The molecule has 0 amide bonds. The Balaban J connectivity index is -0.00000000628. The van der Waals surface area contributed by atoms with Crippen LogP contribution in [-0.2, 0) is 0 Å². The van der Waals surface area contributed by atoms with Crippen molar-refractivity contribution in [1.29, 1.82) is 17.4 Å². The molecule has 0 rings (SSSR count). The minimum atomic E-state index is 3.75. The van der Waals surface area contributed by atoms with E-state index in [4.69, 9.17) is 17.4 Å². The molecule has 0 heterocycles. The summed E-state index contributed by atoms with van der Waals surface area (Å²) in [6.07, 6.45) is 8.00. The van der Waals surface area contributed by atoms with Gasteiger partial charge in [0.2, 0.25) is 0 Å².